The van der Waals surface area contributed by atoms with Gasteiger partial charge in [-0.1, -0.05) is 13.0 Å². The summed E-state index contributed by atoms with van der Waals surface area (Å²) < 4.78 is 10.3. The first-order valence-corrected chi connectivity index (χ1v) is 8.99. The summed E-state index contributed by atoms with van der Waals surface area (Å²) in [5.41, 5.74) is -0.918. The van der Waals surface area contributed by atoms with Crippen LogP contribution < -0.4 is 10.1 Å². The molecule has 10 heteroatoms. The number of carboxylic acids is 1. The van der Waals surface area contributed by atoms with E-state index >= 15 is 0 Å². The van der Waals surface area contributed by atoms with Crippen LogP contribution >= 0.6 is 0 Å². The summed E-state index contributed by atoms with van der Waals surface area (Å²) in [4.78, 5) is 45.1. The molecule has 0 saturated heterocycles. The lowest BCUT2D eigenvalue weighted by Crippen LogP contribution is -2.42. The zero-order valence-corrected chi connectivity index (χ0v) is 15.8. The molecule has 0 aromatic heterocycles. The molecule has 0 aliphatic heterocycles. The molecule has 29 heavy (non-hydrogen) atoms. The number of allylic oxidation sites excluding steroid dienone is 1. The Morgan fingerprint density at radius 2 is 1.97 bits per heavy atom. The third kappa shape index (κ3) is 6.59. The first-order chi connectivity index (χ1) is 13.7. The van der Waals surface area contributed by atoms with Crippen LogP contribution in [0.5, 0.6) is 5.75 Å². The Morgan fingerprint density at radius 3 is 2.59 bits per heavy atom. The number of rotatable bonds is 6. The Bertz CT molecular complexity index is 805. The number of ether oxygens (including phenoxy) is 2. The van der Waals surface area contributed by atoms with E-state index in [1.54, 1.807) is 19.1 Å². The number of non-ortho nitro benzene ring substituents is 1. The van der Waals surface area contributed by atoms with Gasteiger partial charge in [0.2, 0.25) is 5.91 Å². The predicted octanol–water partition coefficient (Wildman–Crippen LogP) is 2.82. The number of benzene rings is 1. The molecule has 0 unspecified atom stereocenters. The smallest absolute Gasteiger partial charge is 0.480 e. The first-order valence-electron chi connectivity index (χ1n) is 8.99. The van der Waals surface area contributed by atoms with E-state index < -0.39 is 35.1 Å². The van der Waals surface area contributed by atoms with E-state index in [1.165, 1.54) is 24.3 Å². The van der Waals surface area contributed by atoms with Crippen LogP contribution in [0.3, 0.4) is 0 Å². The molecular formula is C19H22N2O8. The maximum absolute atomic E-state index is 12.4. The summed E-state index contributed by atoms with van der Waals surface area (Å²) >= 11 is 0. The number of nitrogens with one attached hydrogen (secondary N) is 1. The number of hydrogen-bond acceptors (Lipinski definition) is 7. The van der Waals surface area contributed by atoms with E-state index in [9.17, 15) is 24.5 Å². The van der Waals surface area contributed by atoms with Gasteiger partial charge in [0.25, 0.3) is 5.69 Å². The second-order valence-corrected chi connectivity index (χ2v) is 6.90. The Balaban J connectivity index is 1.92. The molecule has 2 atom stereocenters. The number of nitro benzene ring substituents is 1. The lowest BCUT2D eigenvalue weighted by atomic mass is 9.78. The third-order valence-electron chi connectivity index (χ3n) is 4.64. The van der Waals surface area contributed by atoms with Gasteiger partial charge in [-0.2, -0.15) is 0 Å². The van der Waals surface area contributed by atoms with Crippen molar-refractivity contribution in [2.24, 2.45) is 5.41 Å². The molecule has 2 N–H and O–H groups in total. The second-order valence-electron chi connectivity index (χ2n) is 6.90. The Morgan fingerprint density at radius 1 is 1.28 bits per heavy atom. The zero-order valence-electron chi connectivity index (χ0n) is 15.8. The molecular weight excluding hydrogens is 384 g/mol. The summed E-state index contributed by atoms with van der Waals surface area (Å²) in [6.07, 6.45) is 3.76. The monoisotopic (exact) mass is 406 g/mol. The van der Waals surface area contributed by atoms with Crippen LogP contribution in [0.15, 0.2) is 36.4 Å². The van der Waals surface area contributed by atoms with Gasteiger partial charge in [0.15, 0.2) is 0 Å². The predicted molar refractivity (Wildman–Crippen MR) is 100 cm³/mol. The molecule has 1 aliphatic rings. The molecule has 0 radical (unpaired) electrons. The standard InChI is InChI=1S/C19H22N2O8/c1-19(17(24)20-12-16(22)23)10-3-2-4-14(9-11-19)28-18(25)29-15-7-5-13(6-8-15)21(26)27/h2,4-8,14H,3,9-12H2,1H3,(H,20,24)(H,22,23)/b4-2+/t14-,19+/m0/s1. The normalized spacial score (nSPS) is 22.4. The first kappa shape index (κ1) is 21.9. The number of nitrogens with zero attached hydrogens (tertiary/aromatic N) is 1. The summed E-state index contributed by atoms with van der Waals surface area (Å²) in [7, 11) is 0. The molecule has 0 fully saturated rings. The van der Waals surface area contributed by atoms with Crippen molar-refractivity contribution in [3.63, 3.8) is 0 Å². The van der Waals surface area contributed by atoms with E-state index in [4.69, 9.17) is 14.6 Å². The van der Waals surface area contributed by atoms with Gasteiger partial charge in [-0.25, -0.2) is 4.79 Å². The highest BCUT2D eigenvalue weighted by atomic mass is 16.7. The minimum atomic E-state index is -1.12. The fraction of sp³-hybridized carbons (Fsp3) is 0.421. The molecule has 1 aromatic carbocycles. The van der Waals surface area contributed by atoms with Crippen LogP contribution in [0.2, 0.25) is 0 Å². The molecule has 0 saturated carbocycles. The molecule has 2 rings (SSSR count). The van der Waals surface area contributed by atoms with Crippen molar-refractivity contribution in [1.29, 1.82) is 0 Å². The molecule has 1 aliphatic carbocycles. The maximum Gasteiger partial charge on any atom is 0.514 e. The zero-order chi connectivity index (χ0) is 21.4. The number of nitro groups is 1. The van der Waals surface area contributed by atoms with Gasteiger partial charge < -0.3 is 19.9 Å². The number of amides is 1. The van der Waals surface area contributed by atoms with Gasteiger partial charge in [0.05, 0.1) is 4.92 Å². The minimum absolute atomic E-state index is 0.105. The molecule has 1 aromatic rings. The fourth-order valence-corrected chi connectivity index (χ4v) is 2.91. The van der Waals surface area contributed by atoms with Gasteiger partial charge in [-0.3, -0.25) is 19.7 Å². The van der Waals surface area contributed by atoms with Crippen LogP contribution in [-0.4, -0.2) is 40.7 Å². The van der Waals surface area contributed by atoms with Crippen molar-refractivity contribution < 1.29 is 33.9 Å². The molecule has 10 nitrogen and oxygen atoms in total. The largest absolute Gasteiger partial charge is 0.514 e. The third-order valence-corrected chi connectivity index (χ3v) is 4.64. The SMILES string of the molecule is C[C@@]1(C(=O)NCC(=O)O)CC/C=C/[C@H](OC(=O)Oc2ccc([N+](=O)[O-])cc2)CC1. The number of carbonyl (C=O) groups is 3. The highest BCUT2D eigenvalue weighted by molar-refractivity contribution is 5.85. The molecule has 0 heterocycles. The number of aliphatic carboxylic acids is 1. The van der Waals surface area contributed by atoms with Gasteiger partial charge in [0, 0.05) is 17.5 Å². The minimum Gasteiger partial charge on any atom is -0.480 e. The highest BCUT2D eigenvalue weighted by Crippen LogP contribution is 2.33. The topological polar surface area (TPSA) is 145 Å². The van der Waals surface area contributed by atoms with Crippen molar-refractivity contribution in [3.05, 3.63) is 46.5 Å². The number of hydrogen-bond donors (Lipinski definition) is 2. The van der Waals surface area contributed by atoms with Gasteiger partial charge >= 0.3 is 12.1 Å². The lowest BCUT2D eigenvalue weighted by molar-refractivity contribution is -0.384. The van der Waals surface area contributed by atoms with Crippen molar-refractivity contribution >= 4 is 23.7 Å². The van der Waals surface area contributed by atoms with Crippen molar-refractivity contribution in [3.8, 4) is 5.75 Å². The van der Waals surface area contributed by atoms with Crippen LogP contribution in [0.4, 0.5) is 10.5 Å². The van der Waals surface area contributed by atoms with E-state index in [0.717, 1.165) is 0 Å². The second kappa shape index (κ2) is 9.67. The molecule has 156 valence electrons. The number of carboxylic acid groups (broad SMARTS) is 1. The van der Waals surface area contributed by atoms with Gasteiger partial charge in [-0.05, 0) is 43.9 Å². The average Bonchev–Trinajstić information content (AvgIpc) is 2.66. The van der Waals surface area contributed by atoms with Crippen LogP contribution in [0, 0.1) is 15.5 Å². The fourth-order valence-electron chi connectivity index (χ4n) is 2.91. The molecule has 0 bridgehead atoms. The van der Waals surface area contributed by atoms with Crippen molar-refractivity contribution in [1.82, 2.24) is 5.32 Å². The summed E-state index contributed by atoms with van der Waals surface area (Å²) in [5, 5.41) is 21.8. The van der Waals surface area contributed by atoms with E-state index in [0.29, 0.717) is 25.7 Å². The Labute approximate surface area is 166 Å². The van der Waals surface area contributed by atoms with E-state index in [-0.39, 0.29) is 17.3 Å². The quantitative estimate of drug-likeness (QED) is 0.241. The van der Waals surface area contributed by atoms with E-state index in [1.807, 2.05) is 0 Å². The van der Waals surface area contributed by atoms with Gasteiger partial charge in [-0.15, -0.1) is 0 Å². The number of carbonyl (C=O) groups excluding carboxylic acids is 2. The summed E-state index contributed by atoms with van der Waals surface area (Å²) in [5.74, 6) is -1.38. The maximum atomic E-state index is 12.4. The van der Waals surface area contributed by atoms with Crippen molar-refractivity contribution in [2.45, 2.75) is 38.7 Å². The highest BCUT2D eigenvalue weighted by Gasteiger charge is 2.34. The Hall–Kier alpha value is -3.43. The van der Waals surface area contributed by atoms with Gasteiger partial charge in [0.1, 0.15) is 18.4 Å². The van der Waals surface area contributed by atoms with E-state index in [2.05, 4.69) is 5.32 Å². The van der Waals surface area contributed by atoms with Crippen LogP contribution in [0.1, 0.15) is 32.6 Å². The van der Waals surface area contributed by atoms with Crippen molar-refractivity contribution in [2.75, 3.05) is 6.54 Å². The van der Waals surface area contributed by atoms with Crippen LogP contribution in [-0.2, 0) is 14.3 Å². The Kier molecular flexibility index (Phi) is 7.29. The summed E-state index contributed by atoms with van der Waals surface area (Å²) in [6.45, 7) is 1.29. The molecule has 0 spiro atoms. The lowest BCUT2D eigenvalue weighted by Gasteiger charge is -2.30. The average molecular weight is 406 g/mol. The van der Waals surface area contributed by atoms with Crippen LogP contribution in [0.25, 0.3) is 0 Å². The summed E-state index contributed by atoms with van der Waals surface area (Å²) in [6, 6.07) is 4.99. The molecule has 1 amide bonds.